The summed E-state index contributed by atoms with van der Waals surface area (Å²) in [6, 6.07) is 21.9. The molecule has 0 N–H and O–H groups in total. The molecule has 8 heteroatoms. The van der Waals surface area contributed by atoms with Gasteiger partial charge in [-0.1, -0.05) is 68.8 Å². The van der Waals surface area contributed by atoms with Crippen molar-refractivity contribution in [2.45, 2.75) is 59.3 Å². The minimum Gasteiger partial charge on any atom is -0.490 e. The van der Waals surface area contributed by atoms with Crippen molar-refractivity contribution in [1.82, 2.24) is 24.5 Å². The zero-order chi connectivity index (χ0) is 30.9. The maximum absolute atomic E-state index is 14.0. The number of aromatic nitrogens is 5. The van der Waals surface area contributed by atoms with Gasteiger partial charge in [0.15, 0.2) is 5.75 Å². The van der Waals surface area contributed by atoms with Crippen LogP contribution in [0.5, 0.6) is 5.75 Å². The molecule has 0 bridgehead atoms. The lowest BCUT2D eigenvalue weighted by molar-refractivity contribution is 0.317. The first-order chi connectivity index (χ1) is 21.5. The highest BCUT2D eigenvalue weighted by Gasteiger charge is 2.18. The van der Waals surface area contributed by atoms with E-state index in [1.54, 1.807) is 12.4 Å². The summed E-state index contributed by atoms with van der Waals surface area (Å²) in [6.45, 7) is 6.49. The monoisotopic (exact) mass is 584 g/mol. The second-order valence-electron chi connectivity index (χ2n) is 10.7. The summed E-state index contributed by atoms with van der Waals surface area (Å²) >= 11 is 0. The van der Waals surface area contributed by atoms with Crippen LogP contribution in [0.3, 0.4) is 0 Å². The average Bonchev–Trinajstić information content (AvgIpc) is 3.06. The Hall–Kier alpha value is -5.16. The minimum atomic E-state index is -0.169. The Morgan fingerprint density at radius 1 is 0.886 bits per heavy atom. The molecule has 0 aliphatic heterocycles. The van der Waals surface area contributed by atoms with Crippen LogP contribution < -0.4 is 10.3 Å². The van der Waals surface area contributed by atoms with Crippen LogP contribution in [-0.2, 0) is 25.7 Å². The van der Waals surface area contributed by atoms with E-state index in [2.05, 4.69) is 40.9 Å². The first-order valence-corrected chi connectivity index (χ1v) is 15.1. The normalized spacial score (nSPS) is 10.9. The summed E-state index contributed by atoms with van der Waals surface area (Å²) in [4.78, 5) is 32.2. The third-order valence-electron chi connectivity index (χ3n) is 7.63. The molecule has 5 aromatic rings. The van der Waals surface area contributed by atoms with Gasteiger partial charge in [-0.05, 0) is 60.6 Å². The third-order valence-corrected chi connectivity index (χ3v) is 7.63. The molecule has 0 unspecified atom stereocenters. The predicted molar refractivity (Wildman–Crippen MR) is 171 cm³/mol. The number of aryl methyl sites for hydroxylation is 3. The molecule has 0 amide bonds. The highest BCUT2D eigenvalue weighted by molar-refractivity contribution is 5.70. The van der Waals surface area contributed by atoms with E-state index in [9.17, 15) is 10.1 Å². The van der Waals surface area contributed by atoms with E-state index < -0.39 is 0 Å². The predicted octanol–water partition coefficient (Wildman–Crippen LogP) is 6.38. The minimum absolute atomic E-state index is 0.169. The van der Waals surface area contributed by atoms with E-state index >= 15 is 0 Å². The number of rotatable bonds is 12. The van der Waals surface area contributed by atoms with Crippen molar-refractivity contribution >= 4 is 0 Å². The largest absolute Gasteiger partial charge is 0.490 e. The highest BCUT2D eigenvalue weighted by Crippen LogP contribution is 2.24. The van der Waals surface area contributed by atoms with Gasteiger partial charge in [0.05, 0.1) is 36.3 Å². The zero-order valence-electron chi connectivity index (χ0n) is 25.5. The van der Waals surface area contributed by atoms with Crippen LogP contribution in [0.2, 0.25) is 0 Å². The number of nitrogens with zero attached hydrogens (tertiary/aromatic N) is 6. The summed E-state index contributed by atoms with van der Waals surface area (Å²) in [5.41, 5.74) is 6.90. The molecule has 2 aromatic carbocycles. The summed E-state index contributed by atoms with van der Waals surface area (Å²) in [7, 11) is 0. The molecule has 0 fully saturated rings. The molecule has 3 aromatic heterocycles. The molecule has 5 rings (SSSR count). The molecule has 0 atom stereocenters. The SMILES string of the molecule is CCCCc1nc(C)n(-c2ncc(OCCc3ccc(CC)cn3)cn2)c(=O)c1Cc1ccc(-c2ccccc2C#N)cc1. The molecule has 44 heavy (non-hydrogen) atoms. The number of hydrogen-bond acceptors (Lipinski definition) is 7. The lowest BCUT2D eigenvalue weighted by Crippen LogP contribution is -2.29. The van der Waals surface area contributed by atoms with E-state index in [4.69, 9.17) is 9.72 Å². The molecule has 0 spiro atoms. The number of ether oxygens (including phenoxy) is 1. The van der Waals surface area contributed by atoms with Gasteiger partial charge in [-0.2, -0.15) is 5.26 Å². The number of hydrogen-bond donors (Lipinski definition) is 0. The molecule has 0 aliphatic rings. The van der Waals surface area contributed by atoms with Crippen molar-refractivity contribution in [2.75, 3.05) is 6.61 Å². The van der Waals surface area contributed by atoms with Crippen LogP contribution in [0.1, 0.15) is 66.2 Å². The molecular weight excluding hydrogens is 548 g/mol. The second-order valence-corrected chi connectivity index (χ2v) is 10.7. The Morgan fingerprint density at radius 3 is 2.32 bits per heavy atom. The summed E-state index contributed by atoms with van der Waals surface area (Å²) in [5.74, 6) is 1.33. The summed E-state index contributed by atoms with van der Waals surface area (Å²) in [6.07, 6.45) is 9.79. The third kappa shape index (κ3) is 7.07. The Balaban J connectivity index is 1.36. The van der Waals surface area contributed by atoms with Gasteiger partial charge in [0.25, 0.3) is 5.56 Å². The van der Waals surface area contributed by atoms with E-state index in [1.165, 1.54) is 10.1 Å². The van der Waals surface area contributed by atoms with Crippen LogP contribution >= 0.6 is 0 Å². The van der Waals surface area contributed by atoms with Gasteiger partial charge in [-0.15, -0.1) is 0 Å². The van der Waals surface area contributed by atoms with Crippen molar-refractivity contribution in [3.63, 3.8) is 0 Å². The van der Waals surface area contributed by atoms with Crippen LogP contribution in [0.4, 0.5) is 0 Å². The first kappa shape index (κ1) is 30.3. The van der Waals surface area contributed by atoms with E-state index in [-0.39, 0.29) is 11.5 Å². The van der Waals surface area contributed by atoms with Crippen molar-refractivity contribution in [3.05, 3.63) is 129 Å². The fraction of sp³-hybridized carbons (Fsp3) is 0.278. The van der Waals surface area contributed by atoms with Crippen molar-refractivity contribution < 1.29 is 4.74 Å². The Labute approximate surface area is 258 Å². The van der Waals surface area contributed by atoms with Crippen LogP contribution in [-0.4, -0.2) is 31.1 Å². The van der Waals surface area contributed by atoms with Crippen LogP contribution in [0.15, 0.2) is 84.0 Å². The van der Waals surface area contributed by atoms with Gasteiger partial charge < -0.3 is 4.74 Å². The summed E-state index contributed by atoms with van der Waals surface area (Å²) < 4.78 is 7.33. The van der Waals surface area contributed by atoms with Gasteiger partial charge in [0, 0.05) is 30.3 Å². The summed E-state index contributed by atoms with van der Waals surface area (Å²) in [5, 5.41) is 9.50. The number of nitriles is 1. The molecule has 3 heterocycles. The van der Waals surface area contributed by atoms with Crippen LogP contribution in [0, 0.1) is 18.3 Å². The van der Waals surface area contributed by atoms with Crippen LogP contribution in [0.25, 0.3) is 17.1 Å². The quantitative estimate of drug-likeness (QED) is 0.167. The maximum Gasteiger partial charge on any atom is 0.264 e. The Morgan fingerprint density at radius 2 is 1.64 bits per heavy atom. The topological polar surface area (TPSA) is 107 Å². The van der Waals surface area contributed by atoms with Gasteiger partial charge in [0.1, 0.15) is 5.82 Å². The van der Waals surface area contributed by atoms with Crippen molar-refractivity contribution in [1.29, 1.82) is 5.26 Å². The van der Waals surface area contributed by atoms with E-state index in [0.717, 1.165) is 53.8 Å². The van der Waals surface area contributed by atoms with E-state index in [1.807, 2.05) is 67.7 Å². The molecule has 8 nitrogen and oxygen atoms in total. The number of unbranched alkanes of at least 4 members (excludes halogenated alkanes) is 1. The molecule has 222 valence electrons. The van der Waals surface area contributed by atoms with Crippen molar-refractivity contribution in [3.8, 4) is 28.9 Å². The fourth-order valence-corrected chi connectivity index (χ4v) is 5.11. The second kappa shape index (κ2) is 14.3. The Kier molecular flexibility index (Phi) is 9.88. The average molecular weight is 585 g/mol. The molecular formula is C36H36N6O2. The molecule has 0 aliphatic carbocycles. The van der Waals surface area contributed by atoms with Gasteiger partial charge >= 0.3 is 0 Å². The Bertz CT molecular complexity index is 1810. The fourth-order valence-electron chi connectivity index (χ4n) is 5.11. The van der Waals surface area contributed by atoms with Gasteiger partial charge in [-0.25, -0.2) is 19.5 Å². The number of benzene rings is 2. The van der Waals surface area contributed by atoms with E-state index in [0.29, 0.717) is 42.1 Å². The first-order valence-electron chi connectivity index (χ1n) is 15.1. The molecule has 0 saturated carbocycles. The number of pyridine rings is 1. The lowest BCUT2D eigenvalue weighted by Gasteiger charge is -2.15. The molecule has 0 saturated heterocycles. The van der Waals surface area contributed by atoms with Gasteiger partial charge in [-0.3, -0.25) is 9.78 Å². The standard InChI is InChI=1S/C36H36N6O2/c1-4-6-11-34-33(20-27-12-15-28(16-13-27)32-10-8-7-9-29(32)21-37)35(43)42(25(3)41-34)36-39-23-31(24-40-36)44-19-18-30-17-14-26(5-2)22-38-30/h7-10,12-17,22-24H,4-6,11,18-20H2,1-3H3. The molecule has 0 radical (unpaired) electrons. The van der Waals surface area contributed by atoms with Crippen molar-refractivity contribution in [2.24, 2.45) is 0 Å². The van der Waals surface area contributed by atoms with Gasteiger partial charge in [0.2, 0.25) is 5.95 Å². The smallest absolute Gasteiger partial charge is 0.264 e. The zero-order valence-corrected chi connectivity index (χ0v) is 25.5. The maximum atomic E-state index is 14.0. The lowest BCUT2D eigenvalue weighted by atomic mass is 9.97. The highest BCUT2D eigenvalue weighted by atomic mass is 16.5.